The lowest BCUT2D eigenvalue weighted by Crippen LogP contribution is -2.08. The molecule has 0 saturated heterocycles. The largest absolute Gasteiger partial charge is 0.483 e. The van der Waals surface area contributed by atoms with Crippen molar-refractivity contribution in [1.29, 1.82) is 0 Å². The first-order chi connectivity index (χ1) is 8.65. The van der Waals surface area contributed by atoms with Crippen molar-refractivity contribution in [2.24, 2.45) is 5.10 Å². The molecule has 0 heterocycles. The van der Waals surface area contributed by atoms with Gasteiger partial charge in [-0.1, -0.05) is 43.7 Å². The molecule has 0 bridgehead atoms. The predicted octanol–water partition coefficient (Wildman–Crippen LogP) is 3.06. The monoisotopic (exact) mass is 252 g/mol. The number of nitrogens with one attached hydrogen (secondary N) is 1. The molecule has 1 rings (SSSR count). The smallest absolute Gasteiger partial charge is 0.290 e. The van der Waals surface area contributed by atoms with Crippen LogP contribution >= 0.6 is 0 Å². The van der Waals surface area contributed by atoms with E-state index in [2.05, 4.69) is 41.7 Å². The summed E-state index contributed by atoms with van der Waals surface area (Å²) in [7, 11) is 0. The molecule has 0 radical (unpaired) electrons. The van der Waals surface area contributed by atoms with Crippen LogP contribution in [0, 0.1) is 6.92 Å². The molecule has 1 aromatic rings. The van der Waals surface area contributed by atoms with Crippen molar-refractivity contribution >= 4 is 12.2 Å². The number of hydrogen-bond acceptors (Lipinski definition) is 3. The highest BCUT2D eigenvalue weighted by Crippen LogP contribution is 2.03. The van der Waals surface area contributed by atoms with Gasteiger partial charge < -0.3 is 10.5 Å². The maximum Gasteiger partial charge on any atom is 0.290 e. The maximum absolute atomic E-state index is 8.36. The number of hydrazone groups is 1. The summed E-state index contributed by atoms with van der Waals surface area (Å²) in [6.45, 7) is 10.7. The number of benzene rings is 1. The molecular formula is C14H24N2O2. The van der Waals surface area contributed by atoms with Crippen LogP contribution in [0.2, 0.25) is 0 Å². The highest BCUT2D eigenvalue weighted by Gasteiger charge is 1.95. The van der Waals surface area contributed by atoms with Crippen molar-refractivity contribution in [3.8, 4) is 0 Å². The molecule has 0 aromatic heterocycles. The second-order valence-electron chi connectivity index (χ2n) is 3.18. The fourth-order valence-electron chi connectivity index (χ4n) is 1.06. The molecule has 0 unspecified atom stereocenters. The topological polar surface area (TPSA) is 61.7 Å². The first-order valence-corrected chi connectivity index (χ1v) is 6.07. The van der Waals surface area contributed by atoms with Crippen molar-refractivity contribution in [1.82, 2.24) is 5.43 Å². The number of carboxylic acid groups (broad SMARTS) is 1. The van der Waals surface area contributed by atoms with Crippen molar-refractivity contribution in [3.05, 3.63) is 35.4 Å². The van der Waals surface area contributed by atoms with E-state index in [1.54, 1.807) is 0 Å². The van der Waals surface area contributed by atoms with Crippen molar-refractivity contribution in [2.45, 2.75) is 34.6 Å². The Bertz CT molecular complexity index is 332. The zero-order valence-corrected chi connectivity index (χ0v) is 11.9. The van der Waals surface area contributed by atoms with E-state index in [0.29, 0.717) is 0 Å². The molecule has 0 aliphatic carbocycles. The van der Waals surface area contributed by atoms with E-state index in [-0.39, 0.29) is 6.47 Å². The van der Waals surface area contributed by atoms with Crippen LogP contribution in [0.25, 0.3) is 0 Å². The predicted molar refractivity (Wildman–Crippen MR) is 77.1 cm³/mol. The molecule has 0 aliphatic heterocycles. The maximum atomic E-state index is 8.36. The van der Waals surface area contributed by atoms with E-state index < -0.39 is 0 Å². The summed E-state index contributed by atoms with van der Waals surface area (Å²) in [5, 5.41) is 11.1. The Morgan fingerprint density at radius 2 is 1.78 bits per heavy atom. The molecule has 0 atom stereocenters. The van der Waals surface area contributed by atoms with Gasteiger partial charge in [0, 0.05) is 6.54 Å². The fraction of sp³-hybridized carbons (Fsp3) is 0.429. The van der Waals surface area contributed by atoms with E-state index in [4.69, 9.17) is 9.90 Å². The lowest BCUT2D eigenvalue weighted by Gasteiger charge is -2.01. The fourth-order valence-corrected chi connectivity index (χ4v) is 1.06. The van der Waals surface area contributed by atoms with Gasteiger partial charge in [0.05, 0.1) is 5.71 Å². The average Bonchev–Trinajstić information content (AvgIpc) is 2.40. The summed E-state index contributed by atoms with van der Waals surface area (Å²) in [5.74, 6) is 0. The number of nitrogens with zero attached hydrogens (tertiary/aromatic N) is 1. The molecular weight excluding hydrogens is 228 g/mol. The van der Waals surface area contributed by atoms with Gasteiger partial charge in [0.2, 0.25) is 0 Å². The SMILES string of the molecule is CC.CCN/N=C(\C)c1ccc(C)cc1.O=CO. The second kappa shape index (κ2) is 13.2. The van der Waals surface area contributed by atoms with Crippen LogP contribution < -0.4 is 5.43 Å². The van der Waals surface area contributed by atoms with Crippen molar-refractivity contribution in [3.63, 3.8) is 0 Å². The minimum atomic E-state index is -0.250. The number of hydrogen-bond donors (Lipinski definition) is 2. The van der Waals surface area contributed by atoms with Crippen LogP contribution in [0.15, 0.2) is 29.4 Å². The second-order valence-corrected chi connectivity index (χ2v) is 3.18. The molecule has 102 valence electrons. The van der Waals surface area contributed by atoms with Gasteiger partial charge in [-0.25, -0.2) is 0 Å². The molecule has 1 aromatic carbocycles. The Kier molecular flexibility index (Phi) is 13.6. The Labute approximate surface area is 110 Å². The van der Waals surface area contributed by atoms with Crippen LogP contribution in [-0.2, 0) is 4.79 Å². The molecule has 0 amide bonds. The summed E-state index contributed by atoms with van der Waals surface area (Å²) in [4.78, 5) is 8.36. The molecule has 4 heteroatoms. The van der Waals surface area contributed by atoms with E-state index >= 15 is 0 Å². The lowest BCUT2D eigenvalue weighted by molar-refractivity contribution is -0.122. The minimum absolute atomic E-state index is 0.250. The Balaban J connectivity index is 0. The third-order valence-electron chi connectivity index (χ3n) is 1.87. The number of carbonyl (C=O) groups is 1. The Hall–Kier alpha value is -1.84. The summed E-state index contributed by atoms with van der Waals surface area (Å²) < 4.78 is 0. The zero-order chi connectivity index (χ0) is 14.4. The van der Waals surface area contributed by atoms with Crippen LogP contribution in [0.1, 0.15) is 38.8 Å². The lowest BCUT2D eigenvalue weighted by atomic mass is 10.1. The summed E-state index contributed by atoms with van der Waals surface area (Å²) in [6.07, 6.45) is 0. The van der Waals surface area contributed by atoms with Gasteiger partial charge >= 0.3 is 0 Å². The molecule has 0 spiro atoms. The quantitative estimate of drug-likeness (QED) is 0.494. The molecule has 4 nitrogen and oxygen atoms in total. The third kappa shape index (κ3) is 9.39. The summed E-state index contributed by atoms with van der Waals surface area (Å²) >= 11 is 0. The first kappa shape index (κ1) is 18.5. The van der Waals surface area contributed by atoms with Crippen LogP contribution in [-0.4, -0.2) is 23.8 Å². The standard InChI is InChI=1S/C11H16N2.C2H6.CH2O2/c1-4-12-13-10(3)11-7-5-9(2)6-8-11;1-2;2-1-3/h5-8,12H,4H2,1-3H3;1-2H3;1H,(H,2,3)/b13-10+;;. The van der Waals surface area contributed by atoms with E-state index in [1.807, 2.05) is 27.7 Å². The van der Waals surface area contributed by atoms with Gasteiger partial charge in [0.1, 0.15) is 0 Å². The van der Waals surface area contributed by atoms with Crippen LogP contribution in [0.3, 0.4) is 0 Å². The highest BCUT2D eigenvalue weighted by atomic mass is 16.3. The van der Waals surface area contributed by atoms with Crippen molar-refractivity contribution < 1.29 is 9.90 Å². The Morgan fingerprint density at radius 1 is 1.33 bits per heavy atom. The van der Waals surface area contributed by atoms with Crippen LogP contribution in [0.4, 0.5) is 0 Å². The average molecular weight is 252 g/mol. The van der Waals surface area contributed by atoms with Gasteiger partial charge in [-0.05, 0) is 26.3 Å². The van der Waals surface area contributed by atoms with Gasteiger partial charge in [0.25, 0.3) is 6.47 Å². The normalized spacial score (nSPS) is 9.28. The van der Waals surface area contributed by atoms with Gasteiger partial charge in [0.15, 0.2) is 0 Å². The summed E-state index contributed by atoms with van der Waals surface area (Å²) in [5.41, 5.74) is 6.43. The third-order valence-corrected chi connectivity index (χ3v) is 1.87. The van der Waals surface area contributed by atoms with Crippen LogP contribution in [0.5, 0.6) is 0 Å². The van der Waals surface area contributed by atoms with Crippen molar-refractivity contribution in [2.75, 3.05) is 6.54 Å². The minimum Gasteiger partial charge on any atom is -0.483 e. The van der Waals surface area contributed by atoms with Gasteiger partial charge in [-0.15, -0.1) is 0 Å². The van der Waals surface area contributed by atoms with E-state index in [9.17, 15) is 0 Å². The van der Waals surface area contributed by atoms with Gasteiger partial charge in [-0.2, -0.15) is 5.10 Å². The Morgan fingerprint density at radius 3 is 2.17 bits per heavy atom. The number of rotatable bonds is 3. The zero-order valence-electron chi connectivity index (χ0n) is 11.9. The molecule has 18 heavy (non-hydrogen) atoms. The molecule has 0 fully saturated rings. The summed E-state index contributed by atoms with van der Waals surface area (Å²) in [6, 6.07) is 8.37. The van der Waals surface area contributed by atoms with E-state index in [1.165, 1.54) is 11.1 Å². The molecule has 2 N–H and O–H groups in total. The first-order valence-electron chi connectivity index (χ1n) is 6.07. The molecule has 0 aliphatic rings. The van der Waals surface area contributed by atoms with E-state index in [0.717, 1.165) is 12.3 Å². The highest BCUT2D eigenvalue weighted by molar-refractivity contribution is 5.98. The molecule has 0 saturated carbocycles. The van der Waals surface area contributed by atoms with Gasteiger partial charge in [-0.3, -0.25) is 4.79 Å². The number of aryl methyl sites for hydroxylation is 1.